The number of aryl methyl sites for hydroxylation is 1. The molecule has 0 heterocycles. The summed E-state index contributed by atoms with van der Waals surface area (Å²) in [6, 6.07) is 5.19. The van der Waals surface area contributed by atoms with E-state index in [1.165, 1.54) is 0 Å². The topological polar surface area (TPSA) is 40.5 Å². The Morgan fingerprint density at radius 1 is 1.44 bits per heavy atom. The summed E-state index contributed by atoms with van der Waals surface area (Å²) in [6.07, 6.45) is 0.748. The third-order valence-corrected chi connectivity index (χ3v) is 3.07. The highest BCUT2D eigenvalue weighted by molar-refractivity contribution is 6.17. The standard InChI is InChI=1S/C14H20ClNO2/c1-10(2)16(8-4-7-15)14(18)12-6-5-11(3)9-13(12)17/h5-6,9-10,17H,4,7-8H2,1-3H3. The molecule has 1 amide bonds. The fourth-order valence-electron chi connectivity index (χ4n) is 1.80. The Balaban J connectivity index is 2.94. The number of alkyl halides is 1. The van der Waals surface area contributed by atoms with Gasteiger partial charge in [-0.15, -0.1) is 11.6 Å². The molecular weight excluding hydrogens is 250 g/mol. The van der Waals surface area contributed by atoms with E-state index in [2.05, 4.69) is 0 Å². The lowest BCUT2D eigenvalue weighted by atomic mass is 10.1. The Hall–Kier alpha value is -1.22. The van der Waals surface area contributed by atoms with Gasteiger partial charge in [0.05, 0.1) is 5.56 Å². The van der Waals surface area contributed by atoms with E-state index in [1.807, 2.05) is 26.8 Å². The molecule has 0 saturated carbocycles. The molecule has 1 N–H and O–H groups in total. The number of phenolic OH excluding ortho intramolecular Hbond substituents is 1. The van der Waals surface area contributed by atoms with Crippen LogP contribution in [0.25, 0.3) is 0 Å². The lowest BCUT2D eigenvalue weighted by Gasteiger charge is -2.27. The Labute approximate surface area is 113 Å². The van der Waals surface area contributed by atoms with Crippen molar-refractivity contribution in [2.75, 3.05) is 12.4 Å². The van der Waals surface area contributed by atoms with Gasteiger partial charge in [-0.3, -0.25) is 4.79 Å². The van der Waals surface area contributed by atoms with Gasteiger partial charge in [-0.05, 0) is 44.9 Å². The van der Waals surface area contributed by atoms with Gasteiger partial charge in [0.2, 0.25) is 0 Å². The maximum absolute atomic E-state index is 12.3. The summed E-state index contributed by atoms with van der Waals surface area (Å²) < 4.78 is 0. The van der Waals surface area contributed by atoms with Gasteiger partial charge in [-0.1, -0.05) is 6.07 Å². The largest absolute Gasteiger partial charge is 0.507 e. The number of halogens is 1. The fraction of sp³-hybridized carbons (Fsp3) is 0.500. The molecule has 0 saturated heterocycles. The third-order valence-electron chi connectivity index (χ3n) is 2.80. The van der Waals surface area contributed by atoms with Gasteiger partial charge in [0, 0.05) is 18.5 Å². The summed E-state index contributed by atoms with van der Waals surface area (Å²) in [4.78, 5) is 14.1. The van der Waals surface area contributed by atoms with E-state index in [1.54, 1.807) is 17.0 Å². The molecule has 0 radical (unpaired) electrons. The van der Waals surface area contributed by atoms with E-state index in [0.29, 0.717) is 18.0 Å². The molecule has 0 bridgehead atoms. The van der Waals surface area contributed by atoms with Crippen LogP contribution < -0.4 is 0 Å². The maximum atomic E-state index is 12.3. The number of carbonyl (C=O) groups excluding carboxylic acids is 1. The van der Waals surface area contributed by atoms with Crippen molar-refractivity contribution in [3.8, 4) is 5.75 Å². The number of nitrogens with zero attached hydrogens (tertiary/aromatic N) is 1. The Bertz CT molecular complexity index is 418. The fourth-order valence-corrected chi connectivity index (χ4v) is 1.92. The first-order chi connectivity index (χ1) is 8.47. The first kappa shape index (κ1) is 14.8. The van der Waals surface area contributed by atoms with E-state index < -0.39 is 0 Å². The van der Waals surface area contributed by atoms with Crippen molar-refractivity contribution in [3.63, 3.8) is 0 Å². The molecule has 0 aliphatic heterocycles. The second-order valence-corrected chi connectivity index (χ2v) is 5.03. The Kier molecular flexibility index (Phi) is 5.48. The maximum Gasteiger partial charge on any atom is 0.257 e. The molecule has 0 aliphatic carbocycles. The second kappa shape index (κ2) is 6.64. The smallest absolute Gasteiger partial charge is 0.257 e. The van der Waals surface area contributed by atoms with Gasteiger partial charge in [0.15, 0.2) is 0 Å². The van der Waals surface area contributed by atoms with Gasteiger partial charge in [0.1, 0.15) is 5.75 Å². The first-order valence-electron chi connectivity index (χ1n) is 6.14. The van der Waals surface area contributed by atoms with E-state index in [-0.39, 0.29) is 17.7 Å². The molecule has 1 rings (SSSR count). The lowest BCUT2D eigenvalue weighted by molar-refractivity contribution is 0.0703. The number of aromatic hydroxyl groups is 1. The molecule has 0 aliphatic rings. The molecule has 0 aromatic heterocycles. The van der Waals surface area contributed by atoms with E-state index in [0.717, 1.165) is 12.0 Å². The number of hydrogen-bond donors (Lipinski definition) is 1. The molecular formula is C14H20ClNO2. The first-order valence-corrected chi connectivity index (χ1v) is 6.67. The SMILES string of the molecule is Cc1ccc(C(=O)N(CCCCl)C(C)C)c(O)c1. The second-order valence-electron chi connectivity index (χ2n) is 4.66. The van der Waals surface area contributed by atoms with Crippen LogP contribution in [0.2, 0.25) is 0 Å². The normalized spacial score (nSPS) is 10.7. The molecule has 0 spiro atoms. The molecule has 0 fully saturated rings. The lowest BCUT2D eigenvalue weighted by Crippen LogP contribution is -2.37. The predicted octanol–water partition coefficient (Wildman–Crippen LogP) is 3.18. The summed E-state index contributed by atoms with van der Waals surface area (Å²) >= 11 is 5.67. The van der Waals surface area contributed by atoms with Gasteiger partial charge < -0.3 is 10.0 Å². The van der Waals surface area contributed by atoms with Crippen molar-refractivity contribution in [3.05, 3.63) is 29.3 Å². The van der Waals surface area contributed by atoms with E-state index in [9.17, 15) is 9.90 Å². The molecule has 0 unspecified atom stereocenters. The van der Waals surface area contributed by atoms with Crippen LogP contribution in [-0.4, -0.2) is 34.4 Å². The zero-order chi connectivity index (χ0) is 13.7. The van der Waals surface area contributed by atoms with Crippen molar-refractivity contribution >= 4 is 17.5 Å². The molecule has 3 nitrogen and oxygen atoms in total. The highest BCUT2D eigenvalue weighted by atomic mass is 35.5. The van der Waals surface area contributed by atoms with Crippen molar-refractivity contribution in [2.24, 2.45) is 0 Å². The third kappa shape index (κ3) is 3.64. The minimum atomic E-state index is -0.146. The van der Waals surface area contributed by atoms with Crippen LogP contribution in [0.3, 0.4) is 0 Å². The van der Waals surface area contributed by atoms with Crippen LogP contribution in [0, 0.1) is 6.92 Å². The monoisotopic (exact) mass is 269 g/mol. The Morgan fingerprint density at radius 3 is 2.61 bits per heavy atom. The highest BCUT2D eigenvalue weighted by Crippen LogP contribution is 2.21. The van der Waals surface area contributed by atoms with Crippen LogP contribution in [0.15, 0.2) is 18.2 Å². The highest BCUT2D eigenvalue weighted by Gasteiger charge is 2.20. The van der Waals surface area contributed by atoms with Gasteiger partial charge in [-0.25, -0.2) is 0 Å². The number of carbonyl (C=O) groups is 1. The van der Waals surface area contributed by atoms with Gasteiger partial charge >= 0.3 is 0 Å². The van der Waals surface area contributed by atoms with Crippen molar-refractivity contribution < 1.29 is 9.90 Å². The zero-order valence-electron chi connectivity index (χ0n) is 11.1. The summed E-state index contributed by atoms with van der Waals surface area (Å²) in [5, 5.41) is 9.84. The number of hydrogen-bond acceptors (Lipinski definition) is 2. The van der Waals surface area contributed by atoms with Crippen LogP contribution in [0.1, 0.15) is 36.2 Å². The Morgan fingerprint density at radius 2 is 2.11 bits per heavy atom. The molecule has 1 aromatic carbocycles. The van der Waals surface area contributed by atoms with Crippen molar-refractivity contribution in [1.29, 1.82) is 0 Å². The molecule has 100 valence electrons. The van der Waals surface area contributed by atoms with E-state index in [4.69, 9.17) is 11.6 Å². The summed E-state index contributed by atoms with van der Waals surface area (Å²) in [7, 11) is 0. The predicted molar refractivity (Wildman–Crippen MR) is 74.4 cm³/mol. The average Bonchev–Trinajstić information content (AvgIpc) is 2.28. The summed E-state index contributed by atoms with van der Waals surface area (Å²) in [5.41, 5.74) is 1.28. The number of benzene rings is 1. The van der Waals surface area contributed by atoms with E-state index >= 15 is 0 Å². The summed E-state index contributed by atoms with van der Waals surface area (Å²) in [6.45, 7) is 6.39. The summed E-state index contributed by atoms with van der Waals surface area (Å²) in [5.74, 6) is 0.417. The number of rotatable bonds is 5. The van der Waals surface area contributed by atoms with Crippen molar-refractivity contribution in [1.82, 2.24) is 4.90 Å². The molecule has 18 heavy (non-hydrogen) atoms. The molecule has 1 aromatic rings. The van der Waals surface area contributed by atoms with Gasteiger partial charge in [0.25, 0.3) is 5.91 Å². The quantitative estimate of drug-likeness (QED) is 0.834. The molecule has 4 heteroatoms. The molecule has 0 atom stereocenters. The minimum absolute atomic E-state index is 0.0384. The van der Waals surface area contributed by atoms with Crippen LogP contribution in [0.5, 0.6) is 5.75 Å². The minimum Gasteiger partial charge on any atom is -0.507 e. The van der Waals surface area contributed by atoms with Crippen molar-refractivity contribution in [2.45, 2.75) is 33.2 Å². The van der Waals surface area contributed by atoms with Crippen LogP contribution in [0.4, 0.5) is 0 Å². The van der Waals surface area contributed by atoms with Crippen LogP contribution in [-0.2, 0) is 0 Å². The van der Waals surface area contributed by atoms with Crippen LogP contribution >= 0.6 is 11.6 Å². The zero-order valence-corrected chi connectivity index (χ0v) is 11.9. The van der Waals surface area contributed by atoms with Gasteiger partial charge in [-0.2, -0.15) is 0 Å². The average molecular weight is 270 g/mol. The number of phenols is 1. The number of amides is 1.